The largest absolute Gasteiger partial charge is 0.494 e. The summed E-state index contributed by atoms with van der Waals surface area (Å²) >= 11 is 1.67. The summed E-state index contributed by atoms with van der Waals surface area (Å²) in [7, 11) is 0. The lowest BCUT2D eigenvalue weighted by Crippen LogP contribution is -2.04. The van der Waals surface area contributed by atoms with Crippen molar-refractivity contribution in [3.05, 3.63) is 90.3 Å². The van der Waals surface area contributed by atoms with Crippen LogP contribution in [0.1, 0.15) is 18.1 Å². The first-order chi connectivity index (χ1) is 14.3. The predicted molar refractivity (Wildman–Crippen MR) is 116 cm³/mol. The van der Waals surface area contributed by atoms with E-state index in [0.717, 1.165) is 33.6 Å². The average molecular weight is 403 g/mol. The van der Waals surface area contributed by atoms with Gasteiger partial charge in [-0.1, -0.05) is 60.3 Å². The van der Waals surface area contributed by atoms with Crippen LogP contribution in [0.4, 0.5) is 0 Å². The number of hydrogen-bond acceptors (Lipinski definition) is 5. The summed E-state index contributed by atoms with van der Waals surface area (Å²) in [5.74, 6) is 2.53. The lowest BCUT2D eigenvalue weighted by atomic mass is 10.2. The van der Waals surface area contributed by atoms with Crippen molar-refractivity contribution in [3.63, 3.8) is 0 Å². The molecule has 29 heavy (non-hydrogen) atoms. The third-order valence-electron chi connectivity index (χ3n) is 4.47. The van der Waals surface area contributed by atoms with Crippen molar-refractivity contribution in [2.45, 2.75) is 24.4 Å². The number of hydrogen-bond donors (Lipinski definition) is 0. The Kier molecular flexibility index (Phi) is 6.22. The molecule has 2 aromatic carbocycles. The lowest BCUT2D eigenvalue weighted by Gasteiger charge is -2.12. The third kappa shape index (κ3) is 4.66. The second-order valence-electron chi connectivity index (χ2n) is 6.44. The first kappa shape index (κ1) is 19.2. The van der Waals surface area contributed by atoms with E-state index >= 15 is 0 Å². The molecular weight excluding hydrogens is 380 g/mol. The van der Waals surface area contributed by atoms with Gasteiger partial charge in [0.1, 0.15) is 5.75 Å². The van der Waals surface area contributed by atoms with Crippen LogP contribution in [0.2, 0.25) is 0 Å². The van der Waals surface area contributed by atoms with Crippen LogP contribution in [-0.4, -0.2) is 26.4 Å². The fraction of sp³-hybridized carbons (Fsp3) is 0.174. The quantitative estimate of drug-likeness (QED) is 0.385. The van der Waals surface area contributed by atoms with Gasteiger partial charge in [-0.15, -0.1) is 10.2 Å². The number of rotatable bonds is 8. The summed E-state index contributed by atoms with van der Waals surface area (Å²) in [4.78, 5) is 4.12. The standard InChI is InChI=1S/C23H22N4OS/c1-2-28-21-11-7-6-10-20(21)17-29-23-26-25-22(19-12-14-24-15-13-19)27(23)16-18-8-4-3-5-9-18/h3-15H,2,16-17H2,1H3. The van der Waals surface area contributed by atoms with Gasteiger partial charge in [0.25, 0.3) is 0 Å². The van der Waals surface area contributed by atoms with Gasteiger partial charge in [-0.05, 0) is 30.7 Å². The number of thioether (sulfide) groups is 1. The van der Waals surface area contributed by atoms with Gasteiger partial charge in [-0.3, -0.25) is 9.55 Å². The molecule has 5 nitrogen and oxygen atoms in total. The molecule has 0 saturated carbocycles. The zero-order valence-corrected chi connectivity index (χ0v) is 17.0. The molecule has 0 saturated heterocycles. The molecular formula is C23H22N4OS. The summed E-state index contributed by atoms with van der Waals surface area (Å²) in [6, 6.07) is 22.4. The fourth-order valence-electron chi connectivity index (χ4n) is 3.08. The zero-order chi connectivity index (χ0) is 19.9. The Morgan fingerprint density at radius 3 is 2.45 bits per heavy atom. The normalized spacial score (nSPS) is 10.8. The van der Waals surface area contributed by atoms with Crippen molar-refractivity contribution in [1.29, 1.82) is 0 Å². The average Bonchev–Trinajstić information content (AvgIpc) is 3.17. The molecule has 0 N–H and O–H groups in total. The Morgan fingerprint density at radius 2 is 1.66 bits per heavy atom. The van der Waals surface area contributed by atoms with Gasteiger partial charge in [0.2, 0.25) is 0 Å². The van der Waals surface area contributed by atoms with E-state index in [4.69, 9.17) is 4.74 Å². The summed E-state index contributed by atoms with van der Waals surface area (Å²) in [5, 5.41) is 9.86. The van der Waals surface area contributed by atoms with E-state index in [1.165, 1.54) is 5.56 Å². The van der Waals surface area contributed by atoms with Gasteiger partial charge < -0.3 is 4.74 Å². The molecule has 2 heterocycles. The SMILES string of the molecule is CCOc1ccccc1CSc1nnc(-c2ccncc2)n1Cc1ccccc1. The van der Waals surface area contributed by atoms with Crippen LogP contribution in [0.25, 0.3) is 11.4 Å². The predicted octanol–water partition coefficient (Wildman–Crippen LogP) is 5.08. The molecule has 0 atom stereocenters. The molecule has 146 valence electrons. The van der Waals surface area contributed by atoms with Gasteiger partial charge in [0.15, 0.2) is 11.0 Å². The highest BCUT2D eigenvalue weighted by atomic mass is 32.2. The number of para-hydroxylation sites is 1. The highest BCUT2D eigenvalue weighted by Crippen LogP contribution is 2.30. The van der Waals surface area contributed by atoms with Gasteiger partial charge in [0.05, 0.1) is 13.2 Å². The molecule has 0 radical (unpaired) electrons. The van der Waals surface area contributed by atoms with Gasteiger partial charge in [-0.2, -0.15) is 0 Å². The molecule has 0 amide bonds. The van der Waals surface area contributed by atoms with E-state index in [9.17, 15) is 0 Å². The number of benzene rings is 2. The Labute approximate surface area is 174 Å². The van der Waals surface area contributed by atoms with Crippen LogP contribution in [0, 0.1) is 0 Å². The van der Waals surface area contributed by atoms with E-state index in [2.05, 4.69) is 50.1 Å². The van der Waals surface area contributed by atoms with Gasteiger partial charge in [0, 0.05) is 29.3 Å². The topological polar surface area (TPSA) is 52.8 Å². The Hall–Kier alpha value is -3.12. The highest BCUT2D eigenvalue weighted by Gasteiger charge is 2.15. The van der Waals surface area contributed by atoms with Crippen molar-refractivity contribution in [2.24, 2.45) is 0 Å². The first-order valence-corrected chi connectivity index (χ1v) is 10.5. The maximum atomic E-state index is 5.76. The molecule has 4 rings (SSSR count). The van der Waals surface area contributed by atoms with Crippen molar-refractivity contribution in [1.82, 2.24) is 19.7 Å². The van der Waals surface area contributed by atoms with Gasteiger partial charge in [-0.25, -0.2) is 0 Å². The third-order valence-corrected chi connectivity index (χ3v) is 5.48. The minimum atomic E-state index is 0.651. The fourth-order valence-corrected chi connectivity index (χ4v) is 4.01. The van der Waals surface area contributed by atoms with Crippen LogP contribution in [-0.2, 0) is 12.3 Å². The number of pyridine rings is 1. The van der Waals surface area contributed by atoms with Crippen LogP contribution < -0.4 is 4.74 Å². The molecule has 2 aromatic heterocycles. The number of nitrogens with zero attached hydrogens (tertiary/aromatic N) is 4. The maximum absolute atomic E-state index is 5.76. The Bertz CT molecular complexity index is 1050. The monoisotopic (exact) mass is 402 g/mol. The molecule has 0 bridgehead atoms. The Morgan fingerprint density at radius 1 is 0.897 bits per heavy atom. The van der Waals surface area contributed by atoms with Crippen molar-refractivity contribution >= 4 is 11.8 Å². The van der Waals surface area contributed by atoms with Crippen LogP contribution in [0.15, 0.2) is 84.3 Å². The Balaban J connectivity index is 1.64. The summed E-state index contributed by atoms with van der Waals surface area (Å²) in [6.45, 7) is 3.36. The van der Waals surface area contributed by atoms with Crippen LogP contribution in [0.3, 0.4) is 0 Å². The molecule has 0 aliphatic heterocycles. The van der Waals surface area contributed by atoms with E-state index in [1.807, 2.05) is 43.3 Å². The molecule has 0 aliphatic carbocycles. The first-order valence-electron chi connectivity index (χ1n) is 9.56. The van der Waals surface area contributed by atoms with Crippen molar-refractivity contribution < 1.29 is 4.74 Å². The van der Waals surface area contributed by atoms with E-state index in [1.54, 1.807) is 24.2 Å². The minimum Gasteiger partial charge on any atom is -0.494 e. The summed E-state index contributed by atoms with van der Waals surface area (Å²) in [6.07, 6.45) is 3.56. The number of ether oxygens (including phenoxy) is 1. The van der Waals surface area contributed by atoms with E-state index in [-0.39, 0.29) is 0 Å². The number of aromatic nitrogens is 4. The molecule has 0 unspecified atom stereocenters. The molecule has 0 spiro atoms. The van der Waals surface area contributed by atoms with E-state index in [0.29, 0.717) is 13.2 Å². The van der Waals surface area contributed by atoms with Crippen molar-refractivity contribution in [3.8, 4) is 17.1 Å². The second-order valence-corrected chi connectivity index (χ2v) is 7.39. The zero-order valence-electron chi connectivity index (χ0n) is 16.2. The summed E-state index contributed by atoms with van der Waals surface area (Å²) < 4.78 is 7.93. The molecule has 0 fully saturated rings. The molecule has 4 aromatic rings. The minimum absolute atomic E-state index is 0.651. The van der Waals surface area contributed by atoms with Crippen LogP contribution in [0.5, 0.6) is 5.75 Å². The van der Waals surface area contributed by atoms with Gasteiger partial charge >= 0.3 is 0 Å². The van der Waals surface area contributed by atoms with Crippen LogP contribution >= 0.6 is 11.8 Å². The molecule has 0 aliphatic rings. The highest BCUT2D eigenvalue weighted by molar-refractivity contribution is 7.98. The lowest BCUT2D eigenvalue weighted by molar-refractivity contribution is 0.337. The second kappa shape index (κ2) is 9.39. The summed E-state index contributed by atoms with van der Waals surface area (Å²) in [5.41, 5.74) is 3.36. The molecule has 6 heteroatoms. The van der Waals surface area contributed by atoms with Crippen molar-refractivity contribution in [2.75, 3.05) is 6.61 Å². The smallest absolute Gasteiger partial charge is 0.192 e. The maximum Gasteiger partial charge on any atom is 0.192 e. The van der Waals surface area contributed by atoms with E-state index < -0.39 is 0 Å².